The number of hydrogen-bond donors (Lipinski definition) is 1. The molecule has 1 saturated heterocycles. The van der Waals surface area contributed by atoms with E-state index in [2.05, 4.69) is 27.0 Å². The number of rotatable bonds is 1. The zero-order chi connectivity index (χ0) is 11.0. The van der Waals surface area contributed by atoms with Crippen molar-refractivity contribution < 1.29 is 4.74 Å². The van der Waals surface area contributed by atoms with Crippen LogP contribution in [0.3, 0.4) is 0 Å². The van der Waals surface area contributed by atoms with Gasteiger partial charge < -0.3 is 14.6 Å². The lowest BCUT2D eigenvalue weighted by atomic mass is 10.0. The molecule has 2 unspecified atom stereocenters. The Bertz CT molecular complexity index is 370. The van der Waals surface area contributed by atoms with Crippen LogP contribution in [0.25, 0.3) is 0 Å². The summed E-state index contributed by atoms with van der Waals surface area (Å²) in [4.78, 5) is 0. The van der Waals surface area contributed by atoms with Crippen molar-refractivity contribution in [2.24, 2.45) is 0 Å². The highest BCUT2D eigenvalue weighted by atomic mass is 16.5. The van der Waals surface area contributed by atoms with Gasteiger partial charge in [-0.1, -0.05) is 0 Å². The fourth-order valence-corrected chi connectivity index (χ4v) is 2.61. The summed E-state index contributed by atoms with van der Waals surface area (Å²) in [7, 11) is 0. The topological polar surface area (TPSA) is 52.0 Å². The van der Waals surface area contributed by atoms with E-state index in [4.69, 9.17) is 4.74 Å². The van der Waals surface area contributed by atoms with Crippen LogP contribution in [-0.2, 0) is 11.3 Å². The second kappa shape index (κ2) is 4.14. The Kier molecular flexibility index (Phi) is 2.65. The molecule has 2 aliphatic rings. The van der Waals surface area contributed by atoms with Crippen LogP contribution < -0.4 is 5.32 Å². The van der Waals surface area contributed by atoms with Crippen molar-refractivity contribution in [2.75, 3.05) is 19.8 Å². The minimum absolute atomic E-state index is 0.319. The van der Waals surface area contributed by atoms with E-state index in [-0.39, 0.29) is 0 Å². The molecule has 0 amide bonds. The number of aromatic nitrogens is 3. The molecule has 0 aliphatic carbocycles. The molecule has 0 spiro atoms. The van der Waals surface area contributed by atoms with E-state index in [1.807, 2.05) is 0 Å². The van der Waals surface area contributed by atoms with Gasteiger partial charge in [0.1, 0.15) is 11.6 Å². The highest BCUT2D eigenvalue weighted by molar-refractivity contribution is 5.08. The number of fused-ring (bicyclic) bond motifs is 1. The average Bonchev–Trinajstić information content (AvgIpc) is 2.75. The summed E-state index contributed by atoms with van der Waals surface area (Å²) in [5.74, 6) is 2.65. The molecule has 2 atom stereocenters. The molecule has 16 heavy (non-hydrogen) atoms. The Morgan fingerprint density at radius 1 is 1.38 bits per heavy atom. The lowest BCUT2D eigenvalue weighted by molar-refractivity contribution is 0.0766. The largest absolute Gasteiger partial charge is 0.381 e. The lowest BCUT2D eigenvalue weighted by Gasteiger charge is -2.26. The molecule has 1 aromatic rings. The Morgan fingerprint density at radius 2 is 2.25 bits per heavy atom. The average molecular weight is 222 g/mol. The van der Waals surface area contributed by atoms with Crippen LogP contribution in [0.4, 0.5) is 0 Å². The van der Waals surface area contributed by atoms with Crippen LogP contribution in [0.5, 0.6) is 0 Å². The fourth-order valence-electron chi connectivity index (χ4n) is 2.61. The monoisotopic (exact) mass is 222 g/mol. The molecular formula is C11H18N4O. The van der Waals surface area contributed by atoms with Crippen molar-refractivity contribution in [1.82, 2.24) is 20.1 Å². The zero-order valence-corrected chi connectivity index (χ0v) is 9.65. The maximum Gasteiger partial charge on any atom is 0.149 e. The van der Waals surface area contributed by atoms with E-state index in [0.29, 0.717) is 12.0 Å². The minimum Gasteiger partial charge on any atom is -0.381 e. The highest BCUT2D eigenvalue weighted by Gasteiger charge is 2.27. The summed E-state index contributed by atoms with van der Waals surface area (Å²) < 4.78 is 7.81. The van der Waals surface area contributed by atoms with Crippen molar-refractivity contribution >= 4 is 0 Å². The summed E-state index contributed by atoms with van der Waals surface area (Å²) in [6.07, 6.45) is 2.32. The molecule has 3 heterocycles. The molecule has 1 fully saturated rings. The molecule has 5 nitrogen and oxygen atoms in total. The second-order valence-electron chi connectivity index (χ2n) is 4.66. The maximum atomic E-state index is 5.53. The Balaban J connectivity index is 1.89. The van der Waals surface area contributed by atoms with Gasteiger partial charge in [0.15, 0.2) is 0 Å². The van der Waals surface area contributed by atoms with Crippen LogP contribution >= 0.6 is 0 Å². The third kappa shape index (κ3) is 1.64. The van der Waals surface area contributed by atoms with E-state index in [1.165, 1.54) is 6.42 Å². The third-order valence-corrected chi connectivity index (χ3v) is 3.51. The van der Waals surface area contributed by atoms with E-state index in [1.54, 1.807) is 0 Å². The maximum absolute atomic E-state index is 5.53. The number of nitrogens with one attached hydrogen (secondary N) is 1. The van der Waals surface area contributed by atoms with Crippen molar-refractivity contribution in [3.05, 3.63) is 11.6 Å². The quantitative estimate of drug-likeness (QED) is 0.765. The predicted molar refractivity (Wildman–Crippen MR) is 59.2 cm³/mol. The summed E-state index contributed by atoms with van der Waals surface area (Å²) in [6, 6.07) is 0.319. The molecule has 0 bridgehead atoms. The van der Waals surface area contributed by atoms with E-state index in [9.17, 15) is 0 Å². The van der Waals surface area contributed by atoms with Crippen LogP contribution in [0.15, 0.2) is 0 Å². The molecule has 2 aliphatic heterocycles. The van der Waals surface area contributed by atoms with Crippen molar-refractivity contribution in [3.63, 3.8) is 0 Å². The number of nitrogens with zero attached hydrogens (tertiary/aromatic N) is 3. The molecule has 5 heteroatoms. The van der Waals surface area contributed by atoms with Crippen LogP contribution in [0.2, 0.25) is 0 Å². The Hall–Kier alpha value is -0.940. The molecule has 3 rings (SSSR count). The van der Waals surface area contributed by atoms with Gasteiger partial charge in [-0.05, 0) is 19.8 Å². The van der Waals surface area contributed by atoms with Crippen molar-refractivity contribution in [1.29, 1.82) is 0 Å². The van der Waals surface area contributed by atoms with E-state index >= 15 is 0 Å². The van der Waals surface area contributed by atoms with Gasteiger partial charge in [-0.25, -0.2) is 0 Å². The fraction of sp³-hybridized carbons (Fsp3) is 0.818. The predicted octanol–water partition coefficient (Wildman–Crippen LogP) is 0.836. The van der Waals surface area contributed by atoms with Gasteiger partial charge in [-0.15, -0.1) is 10.2 Å². The summed E-state index contributed by atoms with van der Waals surface area (Å²) in [5.41, 5.74) is 0. The normalized spacial score (nSPS) is 30.1. The van der Waals surface area contributed by atoms with Gasteiger partial charge >= 0.3 is 0 Å². The smallest absolute Gasteiger partial charge is 0.149 e. The molecule has 0 aromatic carbocycles. The van der Waals surface area contributed by atoms with E-state index < -0.39 is 0 Å². The molecular weight excluding hydrogens is 204 g/mol. The van der Waals surface area contributed by atoms with Gasteiger partial charge in [-0.2, -0.15) is 0 Å². The molecule has 0 radical (unpaired) electrons. The SMILES string of the molecule is CC1NCCn2c(C3CCCOC3)nnc21. The Morgan fingerprint density at radius 3 is 3.06 bits per heavy atom. The molecule has 1 aromatic heterocycles. The zero-order valence-electron chi connectivity index (χ0n) is 9.65. The van der Waals surface area contributed by atoms with E-state index in [0.717, 1.165) is 44.4 Å². The second-order valence-corrected chi connectivity index (χ2v) is 4.66. The summed E-state index contributed by atoms with van der Waals surface area (Å²) in [5, 5.41) is 12.1. The number of hydrogen-bond acceptors (Lipinski definition) is 4. The minimum atomic E-state index is 0.319. The standard InChI is InChI=1S/C11H18N4O/c1-8-10-13-14-11(15(10)5-4-12-8)9-3-2-6-16-7-9/h8-9,12H,2-7H2,1H3. The first-order chi connectivity index (χ1) is 7.86. The first-order valence-corrected chi connectivity index (χ1v) is 6.10. The van der Waals surface area contributed by atoms with Crippen LogP contribution in [0, 0.1) is 0 Å². The molecule has 88 valence electrons. The third-order valence-electron chi connectivity index (χ3n) is 3.51. The molecule has 0 saturated carbocycles. The van der Waals surface area contributed by atoms with Crippen molar-refractivity contribution in [3.8, 4) is 0 Å². The van der Waals surface area contributed by atoms with Gasteiger partial charge in [0.05, 0.1) is 12.6 Å². The summed E-state index contributed by atoms with van der Waals surface area (Å²) in [6.45, 7) is 5.83. The first kappa shape index (κ1) is 10.2. The molecule has 1 N–H and O–H groups in total. The van der Waals surface area contributed by atoms with Gasteiger partial charge in [0, 0.05) is 25.6 Å². The van der Waals surface area contributed by atoms with Gasteiger partial charge in [0.2, 0.25) is 0 Å². The number of ether oxygens (including phenoxy) is 1. The van der Waals surface area contributed by atoms with Crippen LogP contribution in [0.1, 0.15) is 43.4 Å². The Labute approximate surface area is 95.2 Å². The highest BCUT2D eigenvalue weighted by Crippen LogP contribution is 2.26. The first-order valence-electron chi connectivity index (χ1n) is 6.10. The summed E-state index contributed by atoms with van der Waals surface area (Å²) >= 11 is 0. The van der Waals surface area contributed by atoms with Gasteiger partial charge in [-0.3, -0.25) is 0 Å². The van der Waals surface area contributed by atoms with Crippen molar-refractivity contribution in [2.45, 2.75) is 38.3 Å². The van der Waals surface area contributed by atoms with Gasteiger partial charge in [0.25, 0.3) is 0 Å². The van der Waals surface area contributed by atoms with Crippen LogP contribution in [-0.4, -0.2) is 34.5 Å². The lowest BCUT2D eigenvalue weighted by Crippen LogP contribution is -2.33.